The second-order valence-electron chi connectivity index (χ2n) is 4.44. The minimum absolute atomic E-state index is 0.0563. The van der Waals surface area contributed by atoms with Gasteiger partial charge in [-0.05, 0) is 6.92 Å². The molecule has 0 bridgehead atoms. The monoisotopic (exact) mass is 284 g/mol. The lowest BCUT2D eigenvalue weighted by Crippen LogP contribution is -2.50. The van der Waals surface area contributed by atoms with Crippen molar-refractivity contribution < 1.29 is 14.8 Å². The molecule has 1 aromatic rings. The number of ether oxygens (including phenoxy) is 1. The summed E-state index contributed by atoms with van der Waals surface area (Å²) in [5.41, 5.74) is 1.91. The van der Waals surface area contributed by atoms with Gasteiger partial charge in [0.15, 0.2) is 0 Å². The Labute approximate surface area is 114 Å². The summed E-state index contributed by atoms with van der Waals surface area (Å²) >= 11 is 0. The summed E-state index contributed by atoms with van der Waals surface area (Å²) in [6.45, 7) is 2.34. The first-order valence-electron chi connectivity index (χ1n) is 6.03. The Hall–Kier alpha value is -2.04. The predicted octanol–water partition coefficient (Wildman–Crippen LogP) is -0.744. The van der Waals surface area contributed by atoms with Crippen LogP contribution in [0.4, 0.5) is 17.3 Å². The molecule has 2 heterocycles. The number of hydrazine groups is 1. The molecule has 1 fully saturated rings. The second-order valence-corrected chi connectivity index (χ2v) is 4.44. The third kappa shape index (κ3) is 2.61. The van der Waals surface area contributed by atoms with Crippen LogP contribution in [0.2, 0.25) is 0 Å². The first kappa shape index (κ1) is 14.4. The summed E-state index contributed by atoms with van der Waals surface area (Å²) < 4.78 is 5.40. The molecular formula is C10H16N6O4. The van der Waals surface area contributed by atoms with Crippen molar-refractivity contribution in [1.29, 1.82) is 0 Å². The molecule has 1 saturated heterocycles. The number of aliphatic hydroxyl groups is 1. The van der Waals surface area contributed by atoms with E-state index in [1.54, 1.807) is 4.90 Å². The Bertz CT molecular complexity index is 499. The van der Waals surface area contributed by atoms with Crippen LogP contribution in [0, 0.1) is 10.1 Å². The molecule has 1 aliphatic heterocycles. The van der Waals surface area contributed by atoms with Crippen LogP contribution in [0.15, 0.2) is 6.33 Å². The van der Waals surface area contributed by atoms with E-state index in [4.69, 9.17) is 10.6 Å². The maximum absolute atomic E-state index is 11.2. The maximum atomic E-state index is 11.2. The molecular weight excluding hydrogens is 268 g/mol. The number of morpholine rings is 1. The topological polar surface area (TPSA) is 140 Å². The number of aliphatic hydroxyl groups excluding tert-OH is 1. The fourth-order valence-corrected chi connectivity index (χ4v) is 2.08. The first-order valence-corrected chi connectivity index (χ1v) is 6.03. The molecule has 1 aromatic heterocycles. The zero-order valence-corrected chi connectivity index (χ0v) is 10.9. The molecule has 10 heteroatoms. The van der Waals surface area contributed by atoms with E-state index < -0.39 is 11.0 Å². The minimum Gasteiger partial charge on any atom is -0.394 e. The highest BCUT2D eigenvalue weighted by atomic mass is 16.6. The van der Waals surface area contributed by atoms with Gasteiger partial charge in [-0.3, -0.25) is 10.1 Å². The zero-order chi connectivity index (χ0) is 14.7. The van der Waals surface area contributed by atoms with E-state index in [-0.39, 0.29) is 30.0 Å². The molecule has 4 N–H and O–H groups in total. The van der Waals surface area contributed by atoms with Crippen LogP contribution in [0.3, 0.4) is 0 Å². The molecule has 0 aromatic carbocycles. The van der Waals surface area contributed by atoms with E-state index in [1.165, 1.54) is 6.33 Å². The van der Waals surface area contributed by atoms with E-state index >= 15 is 0 Å². The lowest BCUT2D eigenvalue weighted by atomic mass is 10.2. The number of anilines is 2. The number of nitrogen functional groups attached to an aromatic ring is 1. The largest absolute Gasteiger partial charge is 0.394 e. The van der Waals surface area contributed by atoms with Crippen LogP contribution < -0.4 is 16.2 Å². The van der Waals surface area contributed by atoms with Crippen molar-refractivity contribution in [2.24, 2.45) is 5.84 Å². The summed E-state index contributed by atoms with van der Waals surface area (Å²) in [6.07, 6.45) is 0.795. The third-order valence-corrected chi connectivity index (χ3v) is 3.10. The SMILES string of the molecule is CC1COC(CO)CN1c1ncnc(NN)c1[N+](=O)[O-]. The number of aromatic nitrogens is 2. The van der Waals surface area contributed by atoms with Crippen LogP contribution in [0.1, 0.15) is 6.92 Å². The van der Waals surface area contributed by atoms with Crippen molar-refractivity contribution in [2.75, 3.05) is 30.1 Å². The van der Waals surface area contributed by atoms with Gasteiger partial charge in [-0.1, -0.05) is 0 Å². The van der Waals surface area contributed by atoms with Crippen molar-refractivity contribution in [3.8, 4) is 0 Å². The van der Waals surface area contributed by atoms with Crippen LogP contribution in [-0.2, 0) is 4.74 Å². The summed E-state index contributed by atoms with van der Waals surface area (Å²) in [7, 11) is 0. The summed E-state index contributed by atoms with van der Waals surface area (Å²) in [5.74, 6) is 5.35. The fourth-order valence-electron chi connectivity index (χ4n) is 2.08. The lowest BCUT2D eigenvalue weighted by molar-refractivity contribution is -0.383. The van der Waals surface area contributed by atoms with Crippen molar-refractivity contribution in [2.45, 2.75) is 19.1 Å². The van der Waals surface area contributed by atoms with Gasteiger partial charge < -0.3 is 20.2 Å². The third-order valence-electron chi connectivity index (χ3n) is 3.10. The molecule has 0 spiro atoms. The van der Waals surface area contributed by atoms with E-state index in [0.29, 0.717) is 13.2 Å². The van der Waals surface area contributed by atoms with Crippen LogP contribution in [0.5, 0.6) is 0 Å². The normalized spacial score (nSPS) is 22.6. The Balaban J connectivity index is 2.42. The highest BCUT2D eigenvalue weighted by Gasteiger charge is 2.33. The Morgan fingerprint density at radius 3 is 3.05 bits per heavy atom. The predicted molar refractivity (Wildman–Crippen MR) is 70.1 cm³/mol. The number of hydrogen-bond acceptors (Lipinski definition) is 9. The fraction of sp³-hybridized carbons (Fsp3) is 0.600. The average Bonchev–Trinajstić information content (AvgIpc) is 2.46. The van der Waals surface area contributed by atoms with Crippen molar-refractivity contribution >= 4 is 17.3 Å². The minimum atomic E-state index is -0.583. The van der Waals surface area contributed by atoms with Gasteiger partial charge in [-0.15, -0.1) is 0 Å². The van der Waals surface area contributed by atoms with Crippen molar-refractivity contribution in [3.63, 3.8) is 0 Å². The number of nitrogens with two attached hydrogens (primary N) is 1. The van der Waals surface area contributed by atoms with E-state index in [9.17, 15) is 15.2 Å². The number of rotatable bonds is 4. The molecule has 1 aliphatic rings. The van der Waals surface area contributed by atoms with Gasteiger partial charge in [0.2, 0.25) is 11.6 Å². The van der Waals surface area contributed by atoms with Gasteiger partial charge in [0, 0.05) is 6.54 Å². The molecule has 10 nitrogen and oxygen atoms in total. The quantitative estimate of drug-likeness (QED) is 0.370. The molecule has 2 atom stereocenters. The van der Waals surface area contributed by atoms with Gasteiger partial charge in [-0.2, -0.15) is 0 Å². The number of hydrogen-bond donors (Lipinski definition) is 3. The maximum Gasteiger partial charge on any atom is 0.354 e. The van der Waals surface area contributed by atoms with Crippen LogP contribution in [-0.4, -0.2) is 51.9 Å². The second kappa shape index (κ2) is 5.94. The molecule has 0 aliphatic carbocycles. The zero-order valence-electron chi connectivity index (χ0n) is 10.9. The van der Waals surface area contributed by atoms with Gasteiger partial charge in [0.25, 0.3) is 0 Å². The molecule has 110 valence electrons. The van der Waals surface area contributed by atoms with Crippen molar-refractivity contribution in [1.82, 2.24) is 9.97 Å². The van der Waals surface area contributed by atoms with Gasteiger partial charge in [0.1, 0.15) is 6.33 Å². The highest BCUT2D eigenvalue weighted by Crippen LogP contribution is 2.33. The first-order chi connectivity index (χ1) is 9.58. The Kier molecular flexibility index (Phi) is 4.27. The van der Waals surface area contributed by atoms with Gasteiger partial charge in [0.05, 0.1) is 30.3 Å². The number of nitrogens with one attached hydrogen (secondary N) is 1. The van der Waals surface area contributed by atoms with Crippen LogP contribution in [0.25, 0.3) is 0 Å². The molecule has 2 unspecified atom stereocenters. The summed E-state index contributed by atoms with van der Waals surface area (Å²) in [6, 6.07) is -0.114. The molecule has 0 amide bonds. The standard InChI is InChI=1S/C10H16N6O4/c1-6-4-20-7(3-17)2-15(6)10-8(16(18)19)9(14-11)12-5-13-10/h5-7,17H,2-4,11H2,1H3,(H,12,13,14). The van der Waals surface area contributed by atoms with E-state index in [1.807, 2.05) is 6.92 Å². The van der Waals surface area contributed by atoms with Gasteiger partial charge >= 0.3 is 5.69 Å². The molecule has 2 rings (SSSR count). The number of nitro groups is 1. The Morgan fingerprint density at radius 1 is 1.70 bits per heavy atom. The van der Waals surface area contributed by atoms with Crippen LogP contribution >= 0.6 is 0 Å². The highest BCUT2D eigenvalue weighted by molar-refractivity contribution is 5.70. The smallest absolute Gasteiger partial charge is 0.354 e. The van der Waals surface area contributed by atoms with E-state index in [2.05, 4.69) is 15.4 Å². The Morgan fingerprint density at radius 2 is 2.45 bits per heavy atom. The lowest BCUT2D eigenvalue weighted by Gasteiger charge is -2.37. The van der Waals surface area contributed by atoms with Crippen molar-refractivity contribution in [3.05, 3.63) is 16.4 Å². The van der Waals surface area contributed by atoms with E-state index in [0.717, 1.165) is 0 Å². The molecule has 0 saturated carbocycles. The summed E-state index contributed by atoms with van der Waals surface area (Å²) in [4.78, 5) is 20.1. The average molecular weight is 284 g/mol. The number of nitrogens with zero attached hydrogens (tertiary/aromatic N) is 4. The molecule has 20 heavy (non-hydrogen) atoms. The van der Waals surface area contributed by atoms with Gasteiger partial charge in [-0.25, -0.2) is 15.8 Å². The molecule has 0 radical (unpaired) electrons. The summed E-state index contributed by atoms with van der Waals surface area (Å²) in [5, 5.41) is 20.4.